The zero-order valence-corrected chi connectivity index (χ0v) is 13.7. The molecule has 0 unspecified atom stereocenters. The molecule has 0 aromatic carbocycles. The van der Waals surface area contributed by atoms with E-state index in [-0.39, 0.29) is 0 Å². The van der Waals surface area contributed by atoms with Crippen LogP contribution in [0.4, 0.5) is 0 Å². The molecule has 1 aliphatic carbocycles. The molecule has 1 aliphatic rings. The van der Waals surface area contributed by atoms with Crippen molar-refractivity contribution in [2.75, 3.05) is 13.1 Å². The highest BCUT2D eigenvalue weighted by Gasteiger charge is 2.25. The Morgan fingerprint density at radius 1 is 1.29 bits per heavy atom. The molecule has 120 valence electrons. The lowest BCUT2D eigenvalue weighted by Gasteiger charge is -2.21. The van der Waals surface area contributed by atoms with Crippen LogP contribution in [-0.4, -0.2) is 31.3 Å². The first kappa shape index (κ1) is 16.5. The van der Waals surface area contributed by atoms with Crippen LogP contribution < -0.4 is 10.5 Å². The van der Waals surface area contributed by atoms with Gasteiger partial charge in [0.15, 0.2) is 0 Å². The van der Waals surface area contributed by atoms with E-state index in [2.05, 4.69) is 9.82 Å². The molecular formula is C14H26N4O2S. The normalized spacial score (nSPS) is 17.3. The third kappa shape index (κ3) is 3.84. The Morgan fingerprint density at radius 3 is 2.57 bits per heavy atom. The van der Waals surface area contributed by atoms with E-state index in [4.69, 9.17) is 5.73 Å². The molecule has 0 aliphatic heterocycles. The number of nitrogens with zero attached hydrogens (tertiary/aromatic N) is 2. The number of nitrogens with one attached hydrogen (secondary N) is 1. The molecule has 21 heavy (non-hydrogen) atoms. The molecule has 0 spiro atoms. The van der Waals surface area contributed by atoms with Gasteiger partial charge in [-0.15, -0.1) is 0 Å². The van der Waals surface area contributed by atoms with Gasteiger partial charge in [-0.2, -0.15) is 5.10 Å². The number of rotatable bonds is 6. The summed E-state index contributed by atoms with van der Waals surface area (Å²) in [5.41, 5.74) is 6.73. The smallest absolute Gasteiger partial charge is 0.244 e. The summed E-state index contributed by atoms with van der Waals surface area (Å²) < 4.78 is 29.5. The molecule has 0 bridgehead atoms. The van der Waals surface area contributed by atoms with E-state index < -0.39 is 10.0 Å². The summed E-state index contributed by atoms with van der Waals surface area (Å²) in [6.45, 7) is 5.02. The van der Waals surface area contributed by atoms with Crippen LogP contribution in [0.25, 0.3) is 0 Å². The van der Waals surface area contributed by atoms with Crippen molar-refractivity contribution >= 4 is 10.0 Å². The van der Waals surface area contributed by atoms with E-state index in [1.165, 1.54) is 19.3 Å². The van der Waals surface area contributed by atoms with Gasteiger partial charge in [-0.05, 0) is 32.6 Å². The van der Waals surface area contributed by atoms with Gasteiger partial charge in [-0.3, -0.25) is 4.68 Å². The summed E-state index contributed by atoms with van der Waals surface area (Å²) in [7, 11) is -3.49. The van der Waals surface area contributed by atoms with Crippen molar-refractivity contribution in [3.8, 4) is 0 Å². The molecule has 3 N–H and O–H groups in total. The maximum atomic E-state index is 12.5. The summed E-state index contributed by atoms with van der Waals surface area (Å²) in [6.07, 6.45) is 5.92. The van der Waals surface area contributed by atoms with Crippen molar-refractivity contribution in [1.29, 1.82) is 0 Å². The fourth-order valence-electron chi connectivity index (χ4n) is 3.10. The van der Waals surface area contributed by atoms with Crippen LogP contribution in [0.1, 0.15) is 43.5 Å². The highest BCUT2D eigenvalue weighted by Crippen LogP contribution is 2.24. The van der Waals surface area contributed by atoms with Crippen molar-refractivity contribution in [1.82, 2.24) is 14.5 Å². The topological polar surface area (TPSA) is 90.0 Å². The SMILES string of the molecule is Cc1nn(CCN)c(C)c1S(=O)(=O)NCC1CCCCC1. The number of sulfonamides is 1. The Kier molecular flexibility index (Phi) is 5.40. The predicted octanol–water partition coefficient (Wildman–Crippen LogP) is 1.32. The molecule has 6 nitrogen and oxygen atoms in total. The third-order valence-corrected chi connectivity index (χ3v) is 5.89. The lowest BCUT2D eigenvalue weighted by atomic mass is 9.90. The van der Waals surface area contributed by atoms with Gasteiger partial charge in [0, 0.05) is 13.1 Å². The molecule has 0 saturated heterocycles. The van der Waals surface area contributed by atoms with Crippen molar-refractivity contribution in [3.05, 3.63) is 11.4 Å². The van der Waals surface area contributed by atoms with E-state index in [1.54, 1.807) is 18.5 Å². The fraction of sp³-hybridized carbons (Fsp3) is 0.786. The predicted molar refractivity (Wildman–Crippen MR) is 82.5 cm³/mol. The average Bonchev–Trinajstić information content (AvgIpc) is 2.73. The third-order valence-electron chi connectivity index (χ3n) is 4.21. The fourth-order valence-corrected chi connectivity index (χ4v) is 4.62. The molecule has 1 heterocycles. The quantitative estimate of drug-likeness (QED) is 0.828. The maximum absolute atomic E-state index is 12.5. The van der Waals surface area contributed by atoms with Crippen LogP contribution in [0.3, 0.4) is 0 Å². The average molecular weight is 314 g/mol. The van der Waals surface area contributed by atoms with Gasteiger partial charge < -0.3 is 5.73 Å². The van der Waals surface area contributed by atoms with Gasteiger partial charge in [0.2, 0.25) is 10.0 Å². The number of nitrogens with two attached hydrogens (primary N) is 1. The first-order valence-electron chi connectivity index (χ1n) is 7.69. The number of hydrogen-bond donors (Lipinski definition) is 2. The van der Waals surface area contributed by atoms with Gasteiger partial charge in [0.25, 0.3) is 0 Å². The van der Waals surface area contributed by atoms with Gasteiger partial charge in [0.05, 0.1) is 17.9 Å². The summed E-state index contributed by atoms with van der Waals surface area (Å²) in [5.74, 6) is 0.466. The Bertz CT molecular complexity index is 574. The highest BCUT2D eigenvalue weighted by atomic mass is 32.2. The van der Waals surface area contributed by atoms with E-state index in [0.29, 0.717) is 41.8 Å². The van der Waals surface area contributed by atoms with Crippen LogP contribution in [0.15, 0.2) is 4.90 Å². The lowest BCUT2D eigenvalue weighted by molar-refractivity contribution is 0.357. The standard InChI is InChI=1S/C14H26N4O2S/c1-11-14(12(2)18(17-11)9-8-15)21(19,20)16-10-13-6-4-3-5-7-13/h13,16H,3-10,15H2,1-2H3. The minimum atomic E-state index is -3.49. The molecule has 0 atom stereocenters. The van der Waals surface area contributed by atoms with E-state index in [1.807, 2.05) is 0 Å². The van der Waals surface area contributed by atoms with Crippen molar-refractivity contribution < 1.29 is 8.42 Å². The first-order chi connectivity index (χ1) is 9.95. The summed E-state index contributed by atoms with van der Waals surface area (Å²) in [6, 6.07) is 0. The second-order valence-corrected chi connectivity index (χ2v) is 7.57. The monoisotopic (exact) mass is 314 g/mol. The van der Waals surface area contributed by atoms with Crippen LogP contribution in [-0.2, 0) is 16.6 Å². The van der Waals surface area contributed by atoms with Crippen LogP contribution in [0.2, 0.25) is 0 Å². The number of aromatic nitrogens is 2. The molecule has 7 heteroatoms. The molecule has 2 rings (SSSR count). The van der Waals surface area contributed by atoms with Crippen molar-refractivity contribution in [3.63, 3.8) is 0 Å². The largest absolute Gasteiger partial charge is 0.329 e. The Hall–Kier alpha value is -0.920. The van der Waals surface area contributed by atoms with Crippen LogP contribution >= 0.6 is 0 Å². The van der Waals surface area contributed by atoms with Gasteiger partial charge in [-0.1, -0.05) is 19.3 Å². The van der Waals surface area contributed by atoms with Crippen LogP contribution in [0, 0.1) is 19.8 Å². The summed E-state index contributed by atoms with van der Waals surface area (Å²) >= 11 is 0. The Balaban J connectivity index is 2.11. The Morgan fingerprint density at radius 2 is 1.95 bits per heavy atom. The van der Waals surface area contributed by atoms with Gasteiger partial charge in [0.1, 0.15) is 4.90 Å². The molecule has 0 amide bonds. The zero-order chi connectivity index (χ0) is 15.5. The second kappa shape index (κ2) is 6.89. The minimum absolute atomic E-state index is 0.312. The highest BCUT2D eigenvalue weighted by molar-refractivity contribution is 7.89. The second-order valence-electron chi connectivity index (χ2n) is 5.87. The van der Waals surface area contributed by atoms with Gasteiger partial charge in [-0.25, -0.2) is 13.1 Å². The lowest BCUT2D eigenvalue weighted by Crippen LogP contribution is -2.31. The first-order valence-corrected chi connectivity index (χ1v) is 9.17. The minimum Gasteiger partial charge on any atom is -0.329 e. The molecule has 1 saturated carbocycles. The van der Waals surface area contributed by atoms with E-state index >= 15 is 0 Å². The van der Waals surface area contributed by atoms with Crippen molar-refractivity contribution in [2.45, 2.75) is 57.4 Å². The molecule has 1 fully saturated rings. The number of aryl methyl sites for hydroxylation is 1. The summed E-state index contributed by atoms with van der Waals surface area (Å²) in [5, 5.41) is 4.28. The molecule has 1 aromatic rings. The summed E-state index contributed by atoms with van der Waals surface area (Å²) in [4.78, 5) is 0.312. The van der Waals surface area contributed by atoms with Crippen LogP contribution in [0.5, 0.6) is 0 Å². The zero-order valence-electron chi connectivity index (χ0n) is 12.9. The molecular weight excluding hydrogens is 288 g/mol. The van der Waals surface area contributed by atoms with Crippen molar-refractivity contribution in [2.24, 2.45) is 11.7 Å². The number of hydrogen-bond acceptors (Lipinski definition) is 4. The molecule has 1 aromatic heterocycles. The maximum Gasteiger partial charge on any atom is 0.244 e. The molecule has 0 radical (unpaired) electrons. The van der Waals surface area contributed by atoms with E-state index in [0.717, 1.165) is 12.8 Å². The van der Waals surface area contributed by atoms with E-state index in [9.17, 15) is 8.42 Å². The van der Waals surface area contributed by atoms with Gasteiger partial charge >= 0.3 is 0 Å². The Labute approximate surface area is 127 Å².